The van der Waals surface area contributed by atoms with Gasteiger partial charge in [0.25, 0.3) is 0 Å². The van der Waals surface area contributed by atoms with Gasteiger partial charge in [0.05, 0.1) is 0 Å². The molecule has 0 radical (unpaired) electrons. The normalized spacial score (nSPS) is 13.7. The van der Waals surface area contributed by atoms with Crippen molar-refractivity contribution in [2.75, 3.05) is 0 Å². The van der Waals surface area contributed by atoms with E-state index in [0.717, 1.165) is 0 Å². The molecule has 0 aromatic carbocycles. The Bertz CT molecular complexity index is 342. The van der Waals surface area contributed by atoms with Crippen LogP contribution >= 0.6 is 0 Å². The summed E-state index contributed by atoms with van der Waals surface area (Å²) in [5, 5.41) is 0. The van der Waals surface area contributed by atoms with E-state index < -0.39 is 48.4 Å². The highest BCUT2D eigenvalue weighted by Crippen LogP contribution is 2.40. The zero-order valence-corrected chi connectivity index (χ0v) is 9.10. The Labute approximate surface area is 107 Å². The van der Waals surface area contributed by atoms with Crippen LogP contribution < -0.4 is 0 Å². The van der Waals surface area contributed by atoms with Gasteiger partial charge < -0.3 is 4.74 Å². The number of halogens is 12. The Morgan fingerprint density at radius 1 is 0.476 bits per heavy atom. The van der Waals surface area contributed by atoms with Crippen LogP contribution in [-0.4, -0.2) is 24.7 Å². The highest BCUT2D eigenvalue weighted by Gasteiger charge is 2.53. The summed E-state index contributed by atoms with van der Waals surface area (Å²) in [6.45, 7) is 0. The lowest BCUT2D eigenvalue weighted by Crippen LogP contribution is -2.27. The first-order chi connectivity index (χ1) is 8.97. The van der Waals surface area contributed by atoms with Crippen LogP contribution in [0.2, 0.25) is 0 Å². The Balaban J connectivity index is 5.54. The number of ether oxygens (including phenoxy) is 1. The number of hydrogen-bond donors (Lipinski definition) is 0. The summed E-state index contributed by atoms with van der Waals surface area (Å²) in [6.07, 6.45) is -26.9. The summed E-state index contributed by atoms with van der Waals surface area (Å²) in [4.78, 5) is 0. The second-order valence-corrected chi connectivity index (χ2v) is 3.19. The van der Waals surface area contributed by atoms with Gasteiger partial charge in [0, 0.05) is 0 Å². The molecule has 0 saturated carbocycles. The number of alkyl halides is 12. The molecule has 0 unspecified atom stereocenters. The fourth-order valence-electron chi connectivity index (χ4n) is 0.759. The van der Waals surface area contributed by atoms with Crippen LogP contribution in [0.1, 0.15) is 0 Å². The van der Waals surface area contributed by atoms with Crippen molar-refractivity contribution in [1.29, 1.82) is 0 Å². The number of rotatable bonds is 2. The second kappa shape index (κ2) is 5.67. The molecule has 0 aliphatic carbocycles. The van der Waals surface area contributed by atoms with Crippen LogP contribution in [0.4, 0.5) is 52.7 Å². The van der Waals surface area contributed by atoms with Gasteiger partial charge in [0.15, 0.2) is 11.1 Å². The molecule has 0 heterocycles. The van der Waals surface area contributed by atoms with Crippen LogP contribution in [-0.2, 0) is 4.74 Å². The minimum absolute atomic E-state index is 1.29. The lowest BCUT2D eigenvalue weighted by Gasteiger charge is -2.15. The average molecular weight is 342 g/mol. The van der Waals surface area contributed by atoms with Gasteiger partial charge in [-0.25, -0.2) is 0 Å². The highest BCUT2D eigenvalue weighted by atomic mass is 19.4. The molecule has 13 heteroatoms. The van der Waals surface area contributed by atoms with Crippen LogP contribution in [0.25, 0.3) is 0 Å². The van der Waals surface area contributed by atoms with Crippen molar-refractivity contribution in [3.05, 3.63) is 23.7 Å². The fraction of sp³-hybridized carbons (Fsp3) is 0.500. The van der Waals surface area contributed by atoms with Crippen LogP contribution in [0.15, 0.2) is 23.7 Å². The van der Waals surface area contributed by atoms with Gasteiger partial charge >= 0.3 is 24.7 Å². The van der Waals surface area contributed by atoms with Gasteiger partial charge in [-0.2, -0.15) is 52.7 Å². The van der Waals surface area contributed by atoms with Gasteiger partial charge in [0.2, 0.25) is 0 Å². The Kier molecular flexibility index (Phi) is 5.25. The highest BCUT2D eigenvalue weighted by molar-refractivity contribution is 5.16. The van der Waals surface area contributed by atoms with E-state index in [4.69, 9.17) is 0 Å². The fourth-order valence-corrected chi connectivity index (χ4v) is 0.759. The predicted molar refractivity (Wildman–Crippen MR) is 41.5 cm³/mol. The first-order valence-corrected chi connectivity index (χ1v) is 4.32. The first-order valence-electron chi connectivity index (χ1n) is 4.32. The Morgan fingerprint density at radius 3 is 0.810 bits per heavy atom. The molecule has 0 rings (SSSR count). The predicted octanol–water partition coefficient (Wildman–Crippen LogP) is 5.02. The van der Waals surface area contributed by atoms with Gasteiger partial charge in [-0.15, -0.1) is 0 Å². The third kappa shape index (κ3) is 6.16. The monoisotopic (exact) mass is 342 g/mol. The van der Waals surface area contributed by atoms with E-state index in [0.29, 0.717) is 0 Å². The van der Waals surface area contributed by atoms with E-state index in [9.17, 15) is 52.7 Å². The van der Waals surface area contributed by atoms with Gasteiger partial charge in [-0.1, -0.05) is 0 Å². The molecular weight excluding hydrogens is 340 g/mol. The lowest BCUT2D eigenvalue weighted by molar-refractivity contribution is -0.175. The third-order valence-corrected chi connectivity index (χ3v) is 1.59. The van der Waals surface area contributed by atoms with Crippen molar-refractivity contribution in [2.45, 2.75) is 24.7 Å². The first kappa shape index (κ1) is 19.4. The molecule has 0 aliphatic heterocycles. The van der Waals surface area contributed by atoms with Crippen molar-refractivity contribution < 1.29 is 57.4 Å². The van der Waals surface area contributed by atoms with Gasteiger partial charge in [-0.3, -0.25) is 0 Å². The Hall–Kier alpha value is -1.56. The molecule has 0 spiro atoms. The Morgan fingerprint density at radius 2 is 0.667 bits per heavy atom. The van der Waals surface area contributed by atoms with E-state index in [1.807, 2.05) is 0 Å². The molecule has 0 saturated heterocycles. The molecule has 0 atom stereocenters. The van der Waals surface area contributed by atoms with E-state index in [1.54, 1.807) is 0 Å². The maximum Gasteiger partial charge on any atom is 0.424 e. The van der Waals surface area contributed by atoms with Crippen molar-refractivity contribution >= 4 is 0 Å². The van der Waals surface area contributed by atoms with Gasteiger partial charge in [0.1, 0.15) is 12.5 Å². The minimum Gasteiger partial charge on any atom is -0.471 e. The van der Waals surface area contributed by atoms with Crippen LogP contribution in [0.3, 0.4) is 0 Å². The summed E-state index contributed by atoms with van der Waals surface area (Å²) < 4.78 is 146. The largest absolute Gasteiger partial charge is 0.471 e. The molecule has 124 valence electrons. The molecule has 0 N–H and O–H groups in total. The van der Waals surface area contributed by atoms with Gasteiger partial charge in [-0.05, 0) is 0 Å². The standard InChI is InChI=1S/C8H2F12O/c9-5(10,11)3(6(12,13)14)1-21-2-4(7(15,16)17)8(18,19)20/h1-2H. The molecule has 0 fully saturated rings. The maximum atomic E-state index is 11.9. The van der Waals surface area contributed by atoms with Crippen molar-refractivity contribution in [2.24, 2.45) is 0 Å². The quantitative estimate of drug-likeness (QED) is 0.506. The zero-order valence-electron chi connectivity index (χ0n) is 9.10. The minimum atomic E-state index is -6.08. The summed E-state index contributed by atoms with van der Waals surface area (Å²) in [7, 11) is 0. The molecule has 0 amide bonds. The second-order valence-electron chi connectivity index (χ2n) is 3.19. The lowest BCUT2D eigenvalue weighted by atomic mass is 10.2. The van der Waals surface area contributed by atoms with E-state index >= 15 is 0 Å². The van der Waals surface area contributed by atoms with Crippen LogP contribution in [0.5, 0.6) is 0 Å². The topological polar surface area (TPSA) is 9.23 Å². The molecular formula is C8H2F12O. The average Bonchev–Trinajstić information content (AvgIpc) is 2.07. The number of allylic oxidation sites excluding steroid dienone is 2. The van der Waals surface area contributed by atoms with Crippen molar-refractivity contribution in [3.63, 3.8) is 0 Å². The molecule has 1 nitrogen and oxygen atoms in total. The van der Waals surface area contributed by atoms with Crippen LogP contribution in [0, 0.1) is 0 Å². The molecule has 21 heavy (non-hydrogen) atoms. The molecule has 0 aromatic heterocycles. The summed E-state index contributed by atoms with van der Waals surface area (Å²) in [6, 6.07) is 0. The third-order valence-electron chi connectivity index (χ3n) is 1.59. The molecule has 0 bridgehead atoms. The molecule has 0 aliphatic rings. The number of hydrogen-bond acceptors (Lipinski definition) is 1. The van der Waals surface area contributed by atoms with E-state index in [-0.39, 0.29) is 0 Å². The van der Waals surface area contributed by atoms with Crippen molar-refractivity contribution in [3.8, 4) is 0 Å². The molecule has 0 aromatic rings. The van der Waals surface area contributed by atoms with E-state index in [1.165, 1.54) is 0 Å². The zero-order chi connectivity index (χ0) is 17.3. The van der Waals surface area contributed by atoms with Crippen molar-refractivity contribution in [1.82, 2.24) is 0 Å². The summed E-state index contributed by atoms with van der Waals surface area (Å²) in [5.41, 5.74) is -6.81. The SMILES string of the molecule is FC(F)(F)C(=COC=C(C(F)(F)F)C(F)(F)F)C(F)(F)F. The van der Waals surface area contributed by atoms with E-state index in [2.05, 4.69) is 4.74 Å². The summed E-state index contributed by atoms with van der Waals surface area (Å²) in [5.74, 6) is 0. The smallest absolute Gasteiger partial charge is 0.424 e. The maximum absolute atomic E-state index is 11.9. The summed E-state index contributed by atoms with van der Waals surface area (Å²) >= 11 is 0.